The lowest BCUT2D eigenvalue weighted by molar-refractivity contribution is -0.174. The minimum absolute atomic E-state index is 0.126. The van der Waals surface area contributed by atoms with Crippen LogP contribution in [-0.4, -0.2) is 16.6 Å². The third kappa shape index (κ3) is 2.18. The monoisotopic (exact) mass is 285 g/mol. The molecule has 0 aromatic heterocycles. The Labute approximate surface area is 125 Å². The van der Waals surface area contributed by atoms with Crippen LogP contribution in [0, 0.1) is 24.2 Å². The van der Waals surface area contributed by atoms with E-state index in [-0.39, 0.29) is 11.3 Å². The number of carbonyl (C=O) groups is 1. The van der Waals surface area contributed by atoms with Crippen molar-refractivity contribution in [2.45, 2.75) is 51.0 Å². The van der Waals surface area contributed by atoms with E-state index < -0.39 is 5.60 Å². The lowest BCUT2D eigenvalue weighted by atomic mass is 9.47. The van der Waals surface area contributed by atoms with Gasteiger partial charge >= 0.3 is 0 Å². The van der Waals surface area contributed by atoms with Gasteiger partial charge < -0.3 is 10.4 Å². The Morgan fingerprint density at radius 1 is 1.24 bits per heavy atom. The van der Waals surface area contributed by atoms with Gasteiger partial charge in [0.15, 0.2) is 0 Å². The third-order valence-corrected chi connectivity index (χ3v) is 5.79. The van der Waals surface area contributed by atoms with Gasteiger partial charge in [0.25, 0.3) is 0 Å². The summed E-state index contributed by atoms with van der Waals surface area (Å²) in [6.45, 7) is 2.03. The predicted molar refractivity (Wildman–Crippen MR) is 81.9 cm³/mol. The molecular formula is C18H23NO2. The molecule has 5 rings (SSSR count). The molecule has 0 heterocycles. The maximum atomic E-state index is 12.9. The van der Waals surface area contributed by atoms with E-state index >= 15 is 0 Å². The molecule has 21 heavy (non-hydrogen) atoms. The zero-order valence-electron chi connectivity index (χ0n) is 12.6. The van der Waals surface area contributed by atoms with Crippen LogP contribution in [0.3, 0.4) is 0 Å². The predicted octanol–water partition coefficient (Wildman–Crippen LogP) is 3.26. The first-order valence-corrected chi connectivity index (χ1v) is 8.07. The van der Waals surface area contributed by atoms with E-state index in [4.69, 9.17) is 0 Å². The first kappa shape index (κ1) is 13.3. The highest BCUT2D eigenvalue weighted by Gasteiger charge is 2.60. The average molecular weight is 285 g/mol. The van der Waals surface area contributed by atoms with Gasteiger partial charge in [-0.15, -0.1) is 0 Å². The number of aliphatic hydroxyl groups is 1. The number of carbonyl (C=O) groups excluding carboxylic acids is 1. The van der Waals surface area contributed by atoms with E-state index in [2.05, 4.69) is 5.32 Å². The van der Waals surface area contributed by atoms with E-state index in [0.717, 1.165) is 36.9 Å². The molecule has 2 atom stereocenters. The molecule has 4 saturated carbocycles. The van der Waals surface area contributed by atoms with Crippen molar-refractivity contribution in [2.75, 3.05) is 5.32 Å². The Balaban J connectivity index is 1.59. The summed E-state index contributed by atoms with van der Waals surface area (Å²) in [5.41, 5.74) is 1.12. The van der Waals surface area contributed by atoms with E-state index in [0.29, 0.717) is 18.3 Å². The molecule has 0 saturated heterocycles. The van der Waals surface area contributed by atoms with Crippen LogP contribution >= 0.6 is 0 Å². The molecule has 1 amide bonds. The van der Waals surface area contributed by atoms with Gasteiger partial charge in [0, 0.05) is 5.69 Å². The van der Waals surface area contributed by atoms with E-state index in [9.17, 15) is 9.90 Å². The molecule has 4 aliphatic carbocycles. The summed E-state index contributed by atoms with van der Waals surface area (Å²) in [6.07, 6.45) is 5.60. The molecule has 112 valence electrons. The molecule has 3 heteroatoms. The van der Waals surface area contributed by atoms with E-state index in [1.54, 1.807) is 0 Å². The minimum atomic E-state index is -0.575. The van der Waals surface area contributed by atoms with Gasteiger partial charge in [-0.05, 0) is 75.0 Å². The first-order chi connectivity index (χ1) is 9.96. The van der Waals surface area contributed by atoms with Crippen molar-refractivity contribution in [3.63, 3.8) is 0 Å². The van der Waals surface area contributed by atoms with Crippen LogP contribution in [0.4, 0.5) is 5.69 Å². The van der Waals surface area contributed by atoms with Crippen LogP contribution in [0.1, 0.15) is 44.1 Å². The number of nitrogens with one attached hydrogen (secondary N) is 1. The lowest BCUT2D eigenvalue weighted by Crippen LogP contribution is -2.59. The summed E-state index contributed by atoms with van der Waals surface area (Å²) >= 11 is 0. The van der Waals surface area contributed by atoms with Gasteiger partial charge in [0.1, 0.15) is 0 Å². The van der Waals surface area contributed by atoms with Crippen molar-refractivity contribution in [3.05, 3.63) is 29.8 Å². The van der Waals surface area contributed by atoms with Crippen LogP contribution in [-0.2, 0) is 4.79 Å². The van der Waals surface area contributed by atoms with Gasteiger partial charge in [-0.25, -0.2) is 0 Å². The number of hydrogen-bond acceptors (Lipinski definition) is 2. The molecule has 1 aromatic rings. The van der Waals surface area contributed by atoms with Crippen molar-refractivity contribution in [2.24, 2.45) is 17.3 Å². The van der Waals surface area contributed by atoms with Gasteiger partial charge in [-0.1, -0.05) is 12.1 Å². The summed E-state index contributed by atoms with van der Waals surface area (Å²) in [4.78, 5) is 12.9. The second kappa shape index (κ2) is 4.33. The zero-order valence-corrected chi connectivity index (χ0v) is 12.6. The molecule has 4 aliphatic rings. The normalized spacial score (nSPS) is 40.3. The van der Waals surface area contributed by atoms with Gasteiger partial charge in [0.05, 0.1) is 11.0 Å². The molecule has 0 spiro atoms. The number of hydrogen-bond donors (Lipinski definition) is 2. The summed E-state index contributed by atoms with van der Waals surface area (Å²) in [5, 5.41) is 13.9. The molecule has 3 nitrogen and oxygen atoms in total. The Hall–Kier alpha value is -1.35. The second-order valence-electron chi connectivity index (χ2n) is 7.79. The van der Waals surface area contributed by atoms with Crippen LogP contribution in [0.15, 0.2) is 24.3 Å². The molecular weight excluding hydrogens is 262 g/mol. The maximum absolute atomic E-state index is 12.9. The molecule has 2 unspecified atom stereocenters. The molecule has 0 aliphatic heterocycles. The SMILES string of the molecule is Cc1cccc(NC(=O)C23CC4CC(CC(O)(C4)C2)C3)c1. The summed E-state index contributed by atoms with van der Waals surface area (Å²) in [5.74, 6) is 1.21. The van der Waals surface area contributed by atoms with Crippen LogP contribution in [0.5, 0.6) is 0 Å². The second-order valence-corrected chi connectivity index (χ2v) is 7.79. The summed E-state index contributed by atoms with van der Waals surface area (Å²) in [6, 6.07) is 7.95. The third-order valence-electron chi connectivity index (χ3n) is 5.79. The number of anilines is 1. The van der Waals surface area contributed by atoms with Crippen molar-refractivity contribution < 1.29 is 9.90 Å². The fraction of sp³-hybridized carbons (Fsp3) is 0.611. The highest BCUT2D eigenvalue weighted by atomic mass is 16.3. The molecule has 2 N–H and O–H groups in total. The first-order valence-electron chi connectivity index (χ1n) is 8.07. The average Bonchev–Trinajstić information content (AvgIpc) is 2.35. The Morgan fingerprint density at radius 2 is 1.95 bits per heavy atom. The minimum Gasteiger partial charge on any atom is -0.390 e. The van der Waals surface area contributed by atoms with Crippen molar-refractivity contribution in [1.29, 1.82) is 0 Å². The summed E-state index contributed by atoms with van der Waals surface area (Å²) < 4.78 is 0. The topological polar surface area (TPSA) is 49.3 Å². The largest absolute Gasteiger partial charge is 0.390 e. The summed E-state index contributed by atoms with van der Waals surface area (Å²) in [7, 11) is 0. The molecule has 4 fully saturated rings. The number of amides is 1. The number of benzene rings is 1. The van der Waals surface area contributed by atoms with Crippen LogP contribution < -0.4 is 5.32 Å². The number of aryl methyl sites for hydroxylation is 1. The molecule has 0 radical (unpaired) electrons. The van der Waals surface area contributed by atoms with E-state index in [1.807, 2.05) is 31.2 Å². The Morgan fingerprint density at radius 3 is 2.57 bits per heavy atom. The zero-order chi connectivity index (χ0) is 14.7. The Kier molecular flexibility index (Phi) is 2.74. The van der Waals surface area contributed by atoms with Crippen LogP contribution in [0.2, 0.25) is 0 Å². The quantitative estimate of drug-likeness (QED) is 0.876. The smallest absolute Gasteiger partial charge is 0.230 e. The van der Waals surface area contributed by atoms with Gasteiger partial charge in [0.2, 0.25) is 5.91 Å². The highest BCUT2D eigenvalue weighted by Crippen LogP contribution is 2.61. The van der Waals surface area contributed by atoms with Crippen LogP contribution in [0.25, 0.3) is 0 Å². The van der Waals surface area contributed by atoms with Gasteiger partial charge in [-0.2, -0.15) is 0 Å². The van der Waals surface area contributed by atoms with Crippen molar-refractivity contribution >= 4 is 11.6 Å². The van der Waals surface area contributed by atoms with Gasteiger partial charge in [-0.3, -0.25) is 4.79 Å². The fourth-order valence-corrected chi connectivity index (χ4v) is 5.47. The molecule has 4 bridgehead atoms. The highest BCUT2D eigenvalue weighted by molar-refractivity contribution is 5.95. The standard InChI is InChI=1S/C18H23NO2/c1-12-3-2-4-15(5-12)19-16(20)17-7-13-6-14(8-17)10-18(21,9-13)11-17/h2-5,13-14,21H,6-11H2,1H3,(H,19,20). The Bertz CT molecular complexity index is 581. The lowest BCUT2D eigenvalue weighted by Gasteiger charge is -2.59. The van der Waals surface area contributed by atoms with Crippen molar-refractivity contribution in [1.82, 2.24) is 0 Å². The van der Waals surface area contributed by atoms with Crippen molar-refractivity contribution in [3.8, 4) is 0 Å². The molecule has 1 aromatic carbocycles. The van der Waals surface area contributed by atoms with E-state index in [1.165, 1.54) is 6.42 Å². The number of rotatable bonds is 2. The maximum Gasteiger partial charge on any atom is 0.230 e. The fourth-order valence-electron chi connectivity index (χ4n) is 5.47.